The highest BCUT2D eigenvalue weighted by Gasteiger charge is 2.23. The lowest BCUT2D eigenvalue weighted by Crippen LogP contribution is -2.17. The fourth-order valence-corrected chi connectivity index (χ4v) is 2.98. The number of fused-ring (bicyclic) bond motifs is 1. The van der Waals surface area contributed by atoms with E-state index < -0.39 is 0 Å². The first-order chi connectivity index (χ1) is 12.4. The molecular formula is C21H25N3O2. The van der Waals surface area contributed by atoms with Gasteiger partial charge in [-0.15, -0.1) is 0 Å². The van der Waals surface area contributed by atoms with Crippen LogP contribution >= 0.6 is 0 Å². The van der Waals surface area contributed by atoms with E-state index >= 15 is 0 Å². The van der Waals surface area contributed by atoms with Crippen LogP contribution in [0.4, 0.5) is 0 Å². The molecule has 0 spiro atoms. The van der Waals surface area contributed by atoms with Gasteiger partial charge in [-0.3, -0.25) is 4.98 Å². The van der Waals surface area contributed by atoms with Crippen molar-refractivity contribution >= 4 is 10.9 Å². The van der Waals surface area contributed by atoms with Crippen molar-refractivity contribution in [3.05, 3.63) is 53.7 Å². The number of aromatic nitrogens is 3. The summed E-state index contributed by atoms with van der Waals surface area (Å²) in [5.74, 6) is 2.26. The van der Waals surface area contributed by atoms with Crippen LogP contribution in [0.25, 0.3) is 10.9 Å². The first-order valence-corrected chi connectivity index (χ1v) is 8.74. The van der Waals surface area contributed by atoms with E-state index in [-0.39, 0.29) is 5.41 Å². The van der Waals surface area contributed by atoms with Crippen molar-refractivity contribution in [1.82, 2.24) is 15.0 Å². The van der Waals surface area contributed by atoms with E-state index in [0.29, 0.717) is 5.75 Å². The summed E-state index contributed by atoms with van der Waals surface area (Å²) in [5, 5.41) is 0.971. The van der Waals surface area contributed by atoms with Gasteiger partial charge in [-0.05, 0) is 24.1 Å². The van der Waals surface area contributed by atoms with E-state index in [2.05, 4.69) is 31.8 Å². The molecule has 0 bridgehead atoms. The van der Waals surface area contributed by atoms with Gasteiger partial charge in [0.15, 0.2) is 0 Å². The normalized spacial score (nSPS) is 11.6. The van der Waals surface area contributed by atoms with Gasteiger partial charge >= 0.3 is 0 Å². The molecule has 1 aromatic carbocycles. The Morgan fingerprint density at radius 2 is 1.81 bits per heavy atom. The van der Waals surface area contributed by atoms with E-state index in [4.69, 9.17) is 19.4 Å². The average Bonchev–Trinajstić information content (AvgIpc) is 2.64. The topological polar surface area (TPSA) is 57.1 Å². The number of hydrogen-bond acceptors (Lipinski definition) is 5. The van der Waals surface area contributed by atoms with Crippen LogP contribution in [0.5, 0.6) is 11.5 Å². The zero-order chi connectivity index (χ0) is 18.7. The molecule has 26 heavy (non-hydrogen) atoms. The summed E-state index contributed by atoms with van der Waals surface area (Å²) in [6, 6.07) is 7.88. The molecule has 2 aromatic heterocycles. The molecule has 0 atom stereocenters. The molecule has 0 saturated heterocycles. The Labute approximate surface area is 154 Å². The summed E-state index contributed by atoms with van der Waals surface area (Å²) < 4.78 is 11.0. The Bertz CT molecular complexity index is 903. The van der Waals surface area contributed by atoms with Gasteiger partial charge in [-0.1, -0.05) is 26.8 Å². The van der Waals surface area contributed by atoms with Crippen molar-refractivity contribution in [3.8, 4) is 11.5 Å². The molecule has 0 aliphatic carbocycles. The first-order valence-electron chi connectivity index (χ1n) is 8.74. The van der Waals surface area contributed by atoms with Crippen molar-refractivity contribution in [2.75, 3.05) is 14.2 Å². The monoisotopic (exact) mass is 351 g/mol. The van der Waals surface area contributed by atoms with Gasteiger partial charge in [0, 0.05) is 35.7 Å². The number of rotatable bonds is 5. The van der Waals surface area contributed by atoms with Gasteiger partial charge in [0.05, 0.1) is 19.9 Å². The van der Waals surface area contributed by atoms with Gasteiger partial charge in [0.2, 0.25) is 0 Å². The molecule has 0 aliphatic rings. The van der Waals surface area contributed by atoms with Crippen LogP contribution in [0.3, 0.4) is 0 Å². The largest absolute Gasteiger partial charge is 0.497 e. The Hall–Kier alpha value is -2.69. The second-order valence-corrected chi connectivity index (χ2v) is 7.33. The van der Waals surface area contributed by atoms with E-state index in [0.717, 1.165) is 41.0 Å². The highest BCUT2D eigenvalue weighted by Crippen LogP contribution is 2.35. The van der Waals surface area contributed by atoms with E-state index in [1.54, 1.807) is 20.4 Å². The maximum Gasteiger partial charge on any atom is 0.148 e. The van der Waals surface area contributed by atoms with Crippen LogP contribution in [-0.2, 0) is 18.3 Å². The quantitative estimate of drug-likeness (QED) is 0.692. The molecule has 0 aliphatic heterocycles. The summed E-state index contributed by atoms with van der Waals surface area (Å²) in [6.07, 6.45) is 5.27. The van der Waals surface area contributed by atoms with Crippen molar-refractivity contribution < 1.29 is 9.47 Å². The van der Waals surface area contributed by atoms with Crippen molar-refractivity contribution in [1.29, 1.82) is 0 Å². The van der Waals surface area contributed by atoms with Gasteiger partial charge in [-0.25, -0.2) is 9.97 Å². The van der Waals surface area contributed by atoms with Gasteiger partial charge in [-0.2, -0.15) is 0 Å². The summed E-state index contributed by atoms with van der Waals surface area (Å²) >= 11 is 0. The Balaban J connectivity index is 2.10. The van der Waals surface area contributed by atoms with Crippen LogP contribution in [0.2, 0.25) is 0 Å². The molecule has 3 aromatic rings. The third-order valence-corrected chi connectivity index (χ3v) is 4.31. The summed E-state index contributed by atoms with van der Waals surface area (Å²) in [6.45, 7) is 6.48. The van der Waals surface area contributed by atoms with Crippen LogP contribution in [0.1, 0.15) is 37.9 Å². The molecule has 0 amide bonds. The summed E-state index contributed by atoms with van der Waals surface area (Å²) in [5.41, 5.74) is 2.88. The lowest BCUT2D eigenvalue weighted by molar-refractivity contribution is 0.397. The summed E-state index contributed by atoms with van der Waals surface area (Å²) in [4.78, 5) is 13.9. The van der Waals surface area contributed by atoms with E-state index in [1.165, 1.54) is 5.56 Å². The number of ether oxygens (including phenoxy) is 2. The fourth-order valence-electron chi connectivity index (χ4n) is 2.98. The van der Waals surface area contributed by atoms with E-state index in [1.807, 2.05) is 24.4 Å². The van der Waals surface area contributed by atoms with Crippen LogP contribution < -0.4 is 9.47 Å². The number of benzene rings is 1. The highest BCUT2D eigenvalue weighted by atomic mass is 16.5. The SMILES string of the molecule is COc1cc(OC)c2nc(CCc3cccnc3)nc(C(C)(C)C)c2c1. The third kappa shape index (κ3) is 3.77. The smallest absolute Gasteiger partial charge is 0.148 e. The number of aryl methyl sites for hydroxylation is 2. The zero-order valence-corrected chi connectivity index (χ0v) is 16.0. The standard InChI is InChI=1S/C21H25N3O2/c1-21(2,3)20-16-11-15(25-4)12-17(26-5)19(16)23-18(24-20)9-8-14-7-6-10-22-13-14/h6-7,10-13H,8-9H2,1-5H3. The van der Waals surface area contributed by atoms with E-state index in [9.17, 15) is 0 Å². The van der Waals surface area contributed by atoms with Crippen LogP contribution in [-0.4, -0.2) is 29.2 Å². The Morgan fingerprint density at radius 1 is 1.00 bits per heavy atom. The molecule has 2 heterocycles. The van der Waals surface area contributed by atoms with Gasteiger partial charge < -0.3 is 9.47 Å². The number of nitrogens with zero attached hydrogens (tertiary/aromatic N) is 3. The maximum atomic E-state index is 5.58. The number of hydrogen-bond donors (Lipinski definition) is 0. The second-order valence-electron chi connectivity index (χ2n) is 7.33. The highest BCUT2D eigenvalue weighted by molar-refractivity contribution is 5.88. The van der Waals surface area contributed by atoms with Crippen LogP contribution in [0, 0.1) is 0 Å². The molecule has 0 radical (unpaired) electrons. The second kappa shape index (κ2) is 7.28. The van der Waals surface area contributed by atoms with Crippen molar-refractivity contribution in [3.63, 3.8) is 0 Å². The minimum absolute atomic E-state index is 0.123. The predicted molar refractivity (Wildman–Crippen MR) is 103 cm³/mol. The molecule has 0 fully saturated rings. The number of methoxy groups -OCH3 is 2. The third-order valence-electron chi connectivity index (χ3n) is 4.31. The Morgan fingerprint density at radius 3 is 2.42 bits per heavy atom. The molecule has 5 nitrogen and oxygen atoms in total. The maximum absolute atomic E-state index is 5.58. The number of pyridine rings is 1. The molecule has 0 N–H and O–H groups in total. The molecule has 0 saturated carbocycles. The Kier molecular flexibility index (Phi) is 5.07. The lowest BCUT2D eigenvalue weighted by atomic mass is 9.88. The average molecular weight is 351 g/mol. The minimum Gasteiger partial charge on any atom is -0.497 e. The predicted octanol–water partition coefficient (Wildman–Crippen LogP) is 4.12. The summed E-state index contributed by atoms with van der Waals surface area (Å²) in [7, 11) is 3.31. The minimum atomic E-state index is -0.123. The van der Waals surface area contributed by atoms with Crippen molar-refractivity contribution in [2.45, 2.75) is 39.0 Å². The first kappa shape index (κ1) is 18.1. The lowest BCUT2D eigenvalue weighted by Gasteiger charge is -2.22. The molecule has 3 rings (SSSR count). The zero-order valence-electron chi connectivity index (χ0n) is 16.0. The van der Waals surface area contributed by atoms with Crippen molar-refractivity contribution in [2.24, 2.45) is 0 Å². The molecule has 0 unspecified atom stereocenters. The van der Waals surface area contributed by atoms with Crippen LogP contribution in [0.15, 0.2) is 36.7 Å². The molecule has 5 heteroatoms. The molecule has 136 valence electrons. The molecular weight excluding hydrogens is 326 g/mol. The van der Waals surface area contributed by atoms with Gasteiger partial charge in [0.25, 0.3) is 0 Å². The fraction of sp³-hybridized carbons (Fsp3) is 0.381. The van der Waals surface area contributed by atoms with Gasteiger partial charge in [0.1, 0.15) is 22.8 Å².